The molecule has 0 amide bonds. The molecular formula is C7H2F3IN2. The summed E-state index contributed by atoms with van der Waals surface area (Å²) in [5, 5.41) is 8.42. The van der Waals surface area contributed by atoms with Crippen molar-refractivity contribution in [3.63, 3.8) is 0 Å². The van der Waals surface area contributed by atoms with Crippen molar-refractivity contribution in [2.45, 2.75) is 6.18 Å². The molecule has 2 nitrogen and oxygen atoms in total. The van der Waals surface area contributed by atoms with Crippen LogP contribution in [0.4, 0.5) is 13.2 Å². The zero-order valence-electron chi connectivity index (χ0n) is 6.06. The van der Waals surface area contributed by atoms with Crippen molar-refractivity contribution in [2.24, 2.45) is 0 Å². The molecule has 1 aromatic heterocycles. The van der Waals surface area contributed by atoms with Crippen LogP contribution in [0.25, 0.3) is 0 Å². The molecule has 13 heavy (non-hydrogen) atoms. The van der Waals surface area contributed by atoms with Crippen LogP contribution < -0.4 is 0 Å². The fourth-order valence-corrected chi connectivity index (χ4v) is 1.49. The number of hydrogen-bond donors (Lipinski definition) is 0. The van der Waals surface area contributed by atoms with Gasteiger partial charge in [0.05, 0.1) is 9.13 Å². The van der Waals surface area contributed by atoms with E-state index in [1.54, 1.807) is 6.07 Å². The van der Waals surface area contributed by atoms with Crippen LogP contribution in [0.3, 0.4) is 0 Å². The van der Waals surface area contributed by atoms with Gasteiger partial charge >= 0.3 is 6.18 Å². The van der Waals surface area contributed by atoms with Crippen molar-refractivity contribution in [3.05, 3.63) is 27.1 Å². The Kier molecular flexibility index (Phi) is 2.75. The van der Waals surface area contributed by atoms with E-state index in [2.05, 4.69) is 4.98 Å². The standard InChI is InChI=1S/C7H2F3IN2/c8-7(9,10)4-1-2-13-5(3-12)6(4)11/h1-2H. The van der Waals surface area contributed by atoms with Gasteiger partial charge in [-0.15, -0.1) is 0 Å². The quantitative estimate of drug-likeness (QED) is 0.690. The lowest BCUT2D eigenvalue weighted by atomic mass is 10.2. The van der Waals surface area contributed by atoms with Crippen LogP contribution in [0.1, 0.15) is 11.3 Å². The van der Waals surface area contributed by atoms with E-state index < -0.39 is 11.7 Å². The van der Waals surface area contributed by atoms with Gasteiger partial charge in [0.25, 0.3) is 0 Å². The molecule has 0 aliphatic heterocycles. The average molecular weight is 298 g/mol. The lowest BCUT2D eigenvalue weighted by Crippen LogP contribution is -2.09. The Morgan fingerprint density at radius 1 is 1.46 bits per heavy atom. The molecule has 0 N–H and O–H groups in total. The minimum atomic E-state index is -4.43. The van der Waals surface area contributed by atoms with E-state index in [9.17, 15) is 13.2 Å². The van der Waals surface area contributed by atoms with E-state index in [-0.39, 0.29) is 9.26 Å². The first-order chi connectivity index (χ1) is 5.96. The third-order valence-corrected chi connectivity index (χ3v) is 2.39. The number of aromatic nitrogens is 1. The molecule has 68 valence electrons. The Hall–Kier alpha value is -0.840. The van der Waals surface area contributed by atoms with Crippen LogP contribution in [0.2, 0.25) is 0 Å². The highest BCUT2D eigenvalue weighted by Gasteiger charge is 2.33. The van der Waals surface area contributed by atoms with Gasteiger partial charge < -0.3 is 0 Å². The molecule has 0 bridgehead atoms. The van der Waals surface area contributed by atoms with Gasteiger partial charge in [-0.3, -0.25) is 0 Å². The maximum Gasteiger partial charge on any atom is 0.417 e. The number of alkyl halides is 3. The van der Waals surface area contributed by atoms with Crippen molar-refractivity contribution in [1.29, 1.82) is 5.26 Å². The summed E-state index contributed by atoms with van der Waals surface area (Å²) in [6.45, 7) is 0. The van der Waals surface area contributed by atoms with Crippen molar-refractivity contribution in [1.82, 2.24) is 4.98 Å². The van der Waals surface area contributed by atoms with Gasteiger partial charge in [0.1, 0.15) is 6.07 Å². The topological polar surface area (TPSA) is 36.7 Å². The van der Waals surface area contributed by atoms with Crippen LogP contribution >= 0.6 is 22.6 Å². The summed E-state index contributed by atoms with van der Waals surface area (Å²) < 4.78 is 36.5. The molecule has 1 aromatic rings. The third kappa shape index (κ3) is 2.09. The minimum absolute atomic E-state index is 0.157. The summed E-state index contributed by atoms with van der Waals surface area (Å²) in [5.74, 6) is 0. The maximum atomic E-state index is 12.2. The average Bonchev–Trinajstić information content (AvgIpc) is 2.02. The van der Waals surface area contributed by atoms with Gasteiger partial charge in [-0.05, 0) is 28.7 Å². The normalized spacial score (nSPS) is 11.0. The van der Waals surface area contributed by atoms with Gasteiger partial charge in [-0.2, -0.15) is 18.4 Å². The first-order valence-electron chi connectivity index (χ1n) is 3.08. The van der Waals surface area contributed by atoms with E-state index in [4.69, 9.17) is 5.26 Å². The lowest BCUT2D eigenvalue weighted by molar-refractivity contribution is -0.138. The highest BCUT2D eigenvalue weighted by atomic mass is 127. The van der Waals surface area contributed by atoms with Gasteiger partial charge in [0, 0.05) is 6.20 Å². The minimum Gasteiger partial charge on any atom is -0.244 e. The Balaban J connectivity index is 3.34. The third-order valence-electron chi connectivity index (χ3n) is 1.30. The number of rotatable bonds is 0. The second kappa shape index (κ2) is 3.49. The van der Waals surface area contributed by atoms with E-state index in [1.165, 1.54) is 22.6 Å². The first kappa shape index (κ1) is 10.2. The molecule has 0 aromatic carbocycles. The van der Waals surface area contributed by atoms with E-state index in [0.717, 1.165) is 12.3 Å². The molecule has 0 radical (unpaired) electrons. The molecule has 0 fully saturated rings. The van der Waals surface area contributed by atoms with E-state index in [1.807, 2.05) is 0 Å². The van der Waals surface area contributed by atoms with Crippen molar-refractivity contribution in [2.75, 3.05) is 0 Å². The van der Waals surface area contributed by atoms with Crippen molar-refractivity contribution < 1.29 is 13.2 Å². The Morgan fingerprint density at radius 3 is 2.54 bits per heavy atom. The number of halogens is 4. The molecule has 1 rings (SSSR count). The lowest BCUT2D eigenvalue weighted by Gasteiger charge is -2.08. The summed E-state index contributed by atoms with van der Waals surface area (Å²) in [7, 11) is 0. The molecular weight excluding hydrogens is 296 g/mol. The summed E-state index contributed by atoms with van der Waals surface area (Å²) in [4.78, 5) is 3.50. The molecule has 6 heteroatoms. The number of hydrogen-bond acceptors (Lipinski definition) is 2. The fourth-order valence-electron chi connectivity index (χ4n) is 0.741. The first-order valence-corrected chi connectivity index (χ1v) is 4.16. The Morgan fingerprint density at radius 2 is 2.08 bits per heavy atom. The number of pyridine rings is 1. The fraction of sp³-hybridized carbons (Fsp3) is 0.143. The summed E-state index contributed by atoms with van der Waals surface area (Å²) in [6, 6.07) is 2.44. The largest absolute Gasteiger partial charge is 0.417 e. The predicted octanol–water partition coefficient (Wildman–Crippen LogP) is 2.58. The second-order valence-electron chi connectivity index (χ2n) is 2.13. The summed E-state index contributed by atoms with van der Waals surface area (Å²) in [5.41, 5.74) is -1.02. The predicted molar refractivity (Wildman–Crippen MR) is 46.7 cm³/mol. The van der Waals surface area contributed by atoms with Crippen LogP contribution in [-0.2, 0) is 6.18 Å². The highest BCUT2D eigenvalue weighted by molar-refractivity contribution is 14.1. The van der Waals surface area contributed by atoms with Gasteiger partial charge in [-0.25, -0.2) is 4.98 Å². The number of nitriles is 1. The molecule has 0 spiro atoms. The Labute approximate surface area is 85.5 Å². The molecule has 1 heterocycles. The zero-order valence-corrected chi connectivity index (χ0v) is 8.22. The summed E-state index contributed by atoms with van der Waals surface area (Å²) in [6.07, 6.45) is -3.45. The van der Waals surface area contributed by atoms with Crippen LogP contribution in [0.5, 0.6) is 0 Å². The van der Waals surface area contributed by atoms with E-state index >= 15 is 0 Å². The molecule has 0 unspecified atom stereocenters. The summed E-state index contributed by atoms with van der Waals surface area (Å²) >= 11 is 1.46. The van der Waals surface area contributed by atoms with E-state index in [0.29, 0.717) is 0 Å². The van der Waals surface area contributed by atoms with Crippen molar-refractivity contribution in [3.8, 4) is 6.07 Å². The SMILES string of the molecule is N#Cc1nccc(C(F)(F)F)c1I. The zero-order chi connectivity index (χ0) is 10.1. The molecule has 0 atom stereocenters. The maximum absolute atomic E-state index is 12.2. The van der Waals surface area contributed by atoms with Gasteiger partial charge in [-0.1, -0.05) is 0 Å². The molecule has 0 saturated heterocycles. The monoisotopic (exact) mass is 298 g/mol. The molecule has 0 saturated carbocycles. The molecule has 0 aliphatic carbocycles. The number of nitrogens with zero attached hydrogens (tertiary/aromatic N) is 2. The van der Waals surface area contributed by atoms with Gasteiger partial charge in [0.2, 0.25) is 0 Å². The second-order valence-corrected chi connectivity index (χ2v) is 3.21. The van der Waals surface area contributed by atoms with Crippen molar-refractivity contribution >= 4 is 22.6 Å². The molecule has 0 aliphatic rings. The van der Waals surface area contributed by atoms with Crippen LogP contribution in [0, 0.1) is 14.9 Å². The smallest absolute Gasteiger partial charge is 0.244 e. The Bertz CT molecular complexity index is 367. The van der Waals surface area contributed by atoms with Crippen LogP contribution in [0.15, 0.2) is 12.3 Å². The van der Waals surface area contributed by atoms with Gasteiger partial charge in [0.15, 0.2) is 5.69 Å². The van der Waals surface area contributed by atoms with Crippen LogP contribution in [-0.4, -0.2) is 4.98 Å². The highest BCUT2D eigenvalue weighted by Crippen LogP contribution is 2.33.